The van der Waals surface area contributed by atoms with Gasteiger partial charge in [0, 0.05) is 28.5 Å². The molecule has 6 heteroatoms. The van der Waals surface area contributed by atoms with Gasteiger partial charge in [0.2, 0.25) is 0 Å². The Morgan fingerprint density at radius 2 is 1.78 bits per heavy atom. The van der Waals surface area contributed by atoms with Crippen molar-refractivity contribution in [3.05, 3.63) is 70.5 Å². The number of amides is 1. The first-order valence-electron chi connectivity index (χ1n) is 13.4. The van der Waals surface area contributed by atoms with Crippen molar-refractivity contribution in [3.8, 4) is 0 Å². The summed E-state index contributed by atoms with van der Waals surface area (Å²) in [6.45, 7) is 17.7. The van der Waals surface area contributed by atoms with Gasteiger partial charge in [-0.15, -0.1) is 11.3 Å². The van der Waals surface area contributed by atoms with Crippen LogP contribution < -0.4 is 5.73 Å². The molecule has 0 spiro atoms. The van der Waals surface area contributed by atoms with Crippen LogP contribution in [0.25, 0.3) is 0 Å². The van der Waals surface area contributed by atoms with Crippen LogP contribution in [-0.4, -0.2) is 34.6 Å². The van der Waals surface area contributed by atoms with E-state index in [0.717, 1.165) is 18.4 Å². The summed E-state index contributed by atoms with van der Waals surface area (Å²) in [5.74, 6) is -0.480. The maximum absolute atomic E-state index is 11.5. The van der Waals surface area contributed by atoms with Crippen LogP contribution in [0.1, 0.15) is 64.8 Å². The van der Waals surface area contributed by atoms with Gasteiger partial charge in [0.25, 0.3) is 0 Å². The summed E-state index contributed by atoms with van der Waals surface area (Å²) >= 11 is 1.80. The largest absolute Gasteiger partial charge is 0.445 e. The van der Waals surface area contributed by atoms with Crippen LogP contribution in [0.3, 0.4) is 0 Å². The van der Waals surface area contributed by atoms with Crippen LogP contribution in [0.4, 0.5) is 4.79 Å². The Morgan fingerprint density at radius 3 is 2.35 bits per heavy atom. The average molecular weight is 532 g/mol. The summed E-state index contributed by atoms with van der Waals surface area (Å²) in [7, 11) is 0. The fourth-order valence-corrected chi connectivity index (χ4v) is 5.85. The molecule has 1 aromatic rings. The van der Waals surface area contributed by atoms with Gasteiger partial charge < -0.3 is 20.7 Å². The van der Waals surface area contributed by atoms with E-state index in [9.17, 15) is 15.0 Å². The smallest absolute Gasteiger partial charge is 0.404 e. The Balaban J connectivity index is 2.70. The fraction of sp³-hybridized carbons (Fsp3) is 0.581. The zero-order valence-corrected chi connectivity index (χ0v) is 24.6. The molecule has 0 aliphatic carbocycles. The number of allylic oxidation sites excluding steroid dienone is 4. The fourth-order valence-electron chi connectivity index (χ4n) is 4.93. The lowest BCUT2D eigenvalue weighted by Gasteiger charge is -2.33. The van der Waals surface area contributed by atoms with E-state index in [1.165, 1.54) is 10.4 Å². The minimum absolute atomic E-state index is 0.0176. The molecule has 0 saturated carbocycles. The zero-order chi connectivity index (χ0) is 28.1. The van der Waals surface area contributed by atoms with Crippen molar-refractivity contribution in [1.29, 1.82) is 0 Å². The molecule has 1 rings (SSSR count). The summed E-state index contributed by atoms with van der Waals surface area (Å²) in [5.41, 5.74) is 7.77. The van der Waals surface area contributed by atoms with Crippen LogP contribution in [0.2, 0.25) is 0 Å². The maximum atomic E-state index is 11.5. The molecule has 1 heterocycles. The second-order valence-corrected chi connectivity index (χ2v) is 11.6. The second-order valence-electron chi connectivity index (χ2n) is 10.6. The van der Waals surface area contributed by atoms with Crippen LogP contribution in [0.5, 0.6) is 0 Å². The van der Waals surface area contributed by atoms with E-state index >= 15 is 0 Å². The monoisotopic (exact) mass is 531 g/mol. The molecule has 0 saturated heterocycles. The number of ether oxygens (including phenoxy) is 1. The highest BCUT2D eigenvalue weighted by atomic mass is 32.1. The molecule has 37 heavy (non-hydrogen) atoms. The van der Waals surface area contributed by atoms with E-state index in [4.69, 9.17) is 10.5 Å². The third-order valence-electron chi connectivity index (χ3n) is 7.18. The van der Waals surface area contributed by atoms with E-state index < -0.39 is 24.4 Å². The molecule has 1 amide bonds. The van der Waals surface area contributed by atoms with Gasteiger partial charge in [0.1, 0.15) is 6.10 Å². The molecule has 0 unspecified atom stereocenters. The molecule has 0 aliphatic heterocycles. The van der Waals surface area contributed by atoms with E-state index in [-0.39, 0.29) is 29.6 Å². The van der Waals surface area contributed by atoms with Crippen LogP contribution >= 0.6 is 11.3 Å². The van der Waals surface area contributed by atoms with Crippen LogP contribution in [0, 0.1) is 36.5 Å². The summed E-state index contributed by atoms with van der Waals surface area (Å²) in [4.78, 5) is 12.9. The normalized spacial score (nSPS) is 19.2. The Kier molecular flexibility index (Phi) is 14.8. The van der Waals surface area contributed by atoms with Crippen molar-refractivity contribution in [2.45, 2.75) is 86.0 Å². The quantitative estimate of drug-likeness (QED) is 0.158. The number of rotatable bonds is 16. The molecule has 0 fully saturated rings. The first-order valence-corrected chi connectivity index (χ1v) is 14.2. The van der Waals surface area contributed by atoms with Crippen LogP contribution in [0.15, 0.2) is 60.1 Å². The standard InChI is InChI=1S/C31H49NO4S/c1-9-10-13-23(5)30(36-31(32)35)26(8)29(34)25(7)19-20(2)18-24(6)28(33)22(4)14-11-12-15-27-21(3)16-17-37-27/h9-11,13-14,16-18,22-26,28-30,33-34H,1,12,15,19H2,2-8H3,(H2,32,35)/b13-10-,14-11-,20-18-/t22-,23-,24-,25-,26-,28-,29+,30-/m0/s1. The van der Waals surface area contributed by atoms with Crippen molar-refractivity contribution in [3.63, 3.8) is 0 Å². The van der Waals surface area contributed by atoms with Crippen LogP contribution in [-0.2, 0) is 11.2 Å². The van der Waals surface area contributed by atoms with Gasteiger partial charge in [-0.25, -0.2) is 4.79 Å². The van der Waals surface area contributed by atoms with Crippen molar-refractivity contribution >= 4 is 17.4 Å². The third-order valence-corrected chi connectivity index (χ3v) is 8.26. The number of aliphatic hydroxyl groups is 2. The van der Waals surface area contributed by atoms with Gasteiger partial charge in [-0.05, 0) is 56.0 Å². The number of aliphatic hydroxyl groups excluding tert-OH is 2. The van der Waals surface area contributed by atoms with Gasteiger partial charge in [0.05, 0.1) is 12.2 Å². The molecule has 0 bridgehead atoms. The Hall–Kier alpha value is -2.15. The summed E-state index contributed by atoms with van der Waals surface area (Å²) in [6, 6.07) is 2.16. The molecular formula is C31H49NO4S. The molecular weight excluding hydrogens is 482 g/mol. The third kappa shape index (κ3) is 11.4. The Bertz CT molecular complexity index is 918. The number of carbonyl (C=O) groups is 1. The number of nitrogens with two attached hydrogens (primary N) is 1. The minimum atomic E-state index is -0.848. The number of thiophene rings is 1. The van der Waals surface area contributed by atoms with Gasteiger partial charge in [-0.2, -0.15) is 0 Å². The molecule has 208 valence electrons. The molecule has 1 aromatic heterocycles. The first kappa shape index (κ1) is 32.9. The van der Waals surface area contributed by atoms with Crippen molar-refractivity contribution in [2.24, 2.45) is 35.3 Å². The molecule has 0 aliphatic rings. The van der Waals surface area contributed by atoms with Gasteiger partial charge in [-0.1, -0.05) is 83.2 Å². The second kappa shape index (κ2) is 16.6. The van der Waals surface area contributed by atoms with Crippen molar-refractivity contribution in [2.75, 3.05) is 0 Å². The topological polar surface area (TPSA) is 92.8 Å². The highest BCUT2D eigenvalue weighted by molar-refractivity contribution is 7.10. The number of primary amides is 1. The molecule has 0 radical (unpaired) electrons. The summed E-state index contributed by atoms with van der Waals surface area (Å²) < 4.78 is 5.38. The van der Waals surface area contributed by atoms with E-state index in [2.05, 4.69) is 43.2 Å². The lowest BCUT2D eigenvalue weighted by molar-refractivity contribution is -0.0266. The van der Waals surface area contributed by atoms with E-state index in [1.54, 1.807) is 23.5 Å². The Labute approximate surface area is 228 Å². The van der Waals surface area contributed by atoms with E-state index in [0.29, 0.717) is 6.42 Å². The SMILES string of the molecule is C=C/C=C\[C@H](C)[C@H](OC(N)=O)[C@@H](C)[C@H](O)[C@@H](C)C/C(C)=C\[C@H](C)[C@@H](O)[C@@H](C)/C=C\CCc1sccc1C. The molecule has 8 atom stereocenters. The predicted molar refractivity (Wildman–Crippen MR) is 157 cm³/mol. The molecule has 4 N–H and O–H groups in total. The highest BCUT2D eigenvalue weighted by Crippen LogP contribution is 2.29. The maximum Gasteiger partial charge on any atom is 0.404 e. The lowest BCUT2D eigenvalue weighted by Crippen LogP contribution is -2.41. The number of hydrogen-bond donors (Lipinski definition) is 3. The average Bonchev–Trinajstić information content (AvgIpc) is 3.26. The van der Waals surface area contributed by atoms with E-state index in [1.807, 2.05) is 47.6 Å². The highest BCUT2D eigenvalue weighted by Gasteiger charge is 2.33. The Morgan fingerprint density at radius 1 is 1.11 bits per heavy atom. The molecule has 5 nitrogen and oxygen atoms in total. The number of carbonyl (C=O) groups excluding carboxylic acids is 1. The number of hydrogen-bond acceptors (Lipinski definition) is 5. The van der Waals surface area contributed by atoms with Crippen molar-refractivity contribution < 1.29 is 19.7 Å². The summed E-state index contributed by atoms with van der Waals surface area (Å²) in [6.07, 6.45) is 11.8. The first-order chi connectivity index (χ1) is 17.4. The lowest BCUT2D eigenvalue weighted by atomic mass is 9.81. The van der Waals surface area contributed by atoms with Gasteiger partial charge in [-0.3, -0.25) is 0 Å². The number of aryl methyl sites for hydroxylation is 2. The van der Waals surface area contributed by atoms with Crippen molar-refractivity contribution in [1.82, 2.24) is 0 Å². The van der Waals surface area contributed by atoms with Gasteiger partial charge >= 0.3 is 6.09 Å². The van der Waals surface area contributed by atoms with Gasteiger partial charge in [0.15, 0.2) is 0 Å². The zero-order valence-electron chi connectivity index (χ0n) is 23.8. The molecule has 0 aromatic carbocycles. The predicted octanol–water partition coefficient (Wildman–Crippen LogP) is 6.99. The minimum Gasteiger partial charge on any atom is -0.445 e. The summed E-state index contributed by atoms with van der Waals surface area (Å²) in [5, 5.41) is 24.1.